The molecule has 0 aliphatic carbocycles. The van der Waals surface area contributed by atoms with Crippen LogP contribution in [0.25, 0.3) is 5.52 Å². The molecule has 0 spiro atoms. The molecule has 0 saturated carbocycles. The van der Waals surface area contributed by atoms with Crippen molar-refractivity contribution in [3.63, 3.8) is 0 Å². The van der Waals surface area contributed by atoms with Crippen LogP contribution in [-0.2, 0) is 15.1 Å². The molecule has 2 aromatic rings. The molecule has 0 bridgehead atoms. The molecule has 122 valence electrons. The Hall–Kier alpha value is -2.17. The molecule has 7 nitrogen and oxygen atoms in total. The lowest BCUT2D eigenvalue weighted by atomic mass is 9.98. The van der Waals surface area contributed by atoms with Gasteiger partial charge in [0.15, 0.2) is 11.4 Å². The number of aromatic nitrogens is 3. The number of hydrogen-bond donors (Lipinski definition) is 1. The monoisotopic (exact) mass is 315 g/mol. The van der Waals surface area contributed by atoms with Gasteiger partial charge in [-0.3, -0.25) is 0 Å². The van der Waals surface area contributed by atoms with Crippen molar-refractivity contribution in [1.29, 1.82) is 5.26 Å². The van der Waals surface area contributed by atoms with E-state index in [0.29, 0.717) is 30.1 Å². The van der Waals surface area contributed by atoms with E-state index in [-0.39, 0.29) is 6.10 Å². The molecule has 1 saturated heterocycles. The second-order valence-electron chi connectivity index (χ2n) is 5.81. The first-order valence-electron chi connectivity index (χ1n) is 7.95. The summed E-state index contributed by atoms with van der Waals surface area (Å²) in [5, 5.41) is 14.0. The van der Waals surface area contributed by atoms with Crippen LogP contribution >= 0.6 is 0 Å². The lowest BCUT2D eigenvalue weighted by Gasteiger charge is -2.21. The van der Waals surface area contributed by atoms with Gasteiger partial charge in [0.25, 0.3) is 0 Å². The van der Waals surface area contributed by atoms with E-state index in [4.69, 9.17) is 15.2 Å². The zero-order chi connectivity index (χ0) is 16.3. The molecule has 23 heavy (non-hydrogen) atoms. The SMILES string of the molecule is CCCCOC[C@@H]1CCC(C#N)(c2ccc3c(N)ncnn23)O1. The van der Waals surface area contributed by atoms with Crippen molar-refractivity contribution in [3.8, 4) is 6.07 Å². The highest BCUT2D eigenvalue weighted by molar-refractivity contribution is 5.65. The summed E-state index contributed by atoms with van der Waals surface area (Å²) in [6.07, 6.45) is 4.85. The first-order valence-corrected chi connectivity index (χ1v) is 7.95. The summed E-state index contributed by atoms with van der Waals surface area (Å²) in [7, 11) is 0. The minimum atomic E-state index is -1.01. The summed E-state index contributed by atoms with van der Waals surface area (Å²) in [6.45, 7) is 3.37. The van der Waals surface area contributed by atoms with Gasteiger partial charge in [-0.25, -0.2) is 9.50 Å². The molecule has 0 amide bonds. The Kier molecular flexibility index (Phi) is 4.46. The maximum atomic E-state index is 9.74. The van der Waals surface area contributed by atoms with Crippen LogP contribution < -0.4 is 5.73 Å². The number of anilines is 1. The molecule has 3 heterocycles. The number of nitrogen functional groups attached to an aromatic ring is 1. The van der Waals surface area contributed by atoms with Gasteiger partial charge in [0.2, 0.25) is 0 Å². The van der Waals surface area contributed by atoms with E-state index in [2.05, 4.69) is 23.1 Å². The van der Waals surface area contributed by atoms with Gasteiger partial charge in [-0.15, -0.1) is 0 Å². The highest BCUT2D eigenvalue weighted by atomic mass is 16.6. The number of nitriles is 1. The minimum absolute atomic E-state index is 0.0729. The van der Waals surface area contributed by atoms with Crippen LogP contribution in [0.1, 0.15) is 38.3 Å². The molecular formula is C16H21N5O2. The van der Waals surface area contributed by atoms with E-state index in [1.165, 1.54) is 6.33 Å². The van der Waals surface area contributed by atoms with Gasteiger partial charge < -0.3 is 15.2 Å². The number of hydrogen-bond acceptors (Lipinski definition) is 6. The van der Waals surface area contributed by atoms with Crippen molar-refractivity contribution in [2.75, 3.05) is 18.9 Å². The quantitative estimate of drug-likeness (QED) is 0.819. The Morgan fingerprint density at radius 2 is 2.43 bits per heavy atom. The van der Waals surface area contributed by atoms with Crippen molar-refractivity contribution >= 4 is 11.3 Å². The lowest BCUT2D eigenvalue weighted by molar-refractivity contribution is -0.0498. The summed E-state index contributed by atoms with van der Waals surface area (Å²) < 4.78 is 13.3. The van der Waals surface area contributed by atoms with E-state index in [9.17, 15) is 5.26 Å². The molecule has 3 rings (SSSR count). The molecular weight excluding hydrogens is 294 g/mol. The van der Waals surface area contributed by atoms with Crippen molar-refractivity contribution in [3.05, 3.63) is 24.2 Å². The molecule has 1 unspecified atom stereocenters. The molecule has 2 aromatic heterocycles. The van der Waals surface area contributed by atoms with Crippen molar-refractivity contribution < 1.29 is 9.47 Å². The van der Waals surface area contributed by atoms with Gasteiger partial charge in [-0.2, -0.15) is 10.4 Å². The second-order valence-corrected chi connectivity index (χ2v) is 5.81. The maximum Gasteiger partial charge on any atom is 0.196 e. The molecule has 2 atom stereocenters. The highest BCUT2D eigenvalue weighted by Gasteiger charge is 2.44. The lowest BCUT2D eigenvalue weighted by Crippen LogP contribution is -2.28. The Morgan fingerprint density at radius 3 is 3.22 bits per heavy atom. The normalized spacial score (nSPS) is 24.1. The van der Waals surface area contributed by atoms with Gasteiger partial charge in [-0.05, 0) is 31.4 Å². The third kappa shape index (κ3) is 2.87. The summed E-state index contributed by atoms with van der Waals surface area (Å²) in [5.74, 6) is 0.386. The van der Waals surface area contributed by atoms with Gasteiger partial charge in [-0.1, -0.05) is 13.3 Å². The fraction of sp³-hybridized carbons (Fsp3) is 0.562. The number of nitrogens with two attached hydrogens (primary N) is 1. The summed E-state index contributed by atoms with van der Waals surface area (Å²) in [5.41, 5.74) is 6.23. The number of nitrogens with zero attached hydrogens (tertiary/aromatic N) is 4. The standard InChI is InChI=1S/C16H21N5O2/c1-2-3-8-22-9-12-6-7-16(10-17,23-12)14-5-4-13-15(18)19-11-20-21(13)14/h4-5,11-12H,2-3,6-9H2,1H3,(H2,18,19,20)/t12-,16?/m0/s1. The minimum Gasteiger partial charge on any atom is -0.382 e. The van der Waals surface area contributed by atoms with E-state index in [1.807, 2.05) is 12.1 Å². The highest BCUT2D eigenvalue weighted by Crippen LogP contribution is 2.39. The van der Waals surface area contributed by atoms with Gasteiger partial charge >= 0.3 is 0 Å². The van der Waals surface area contributed by atoms with E-state index < -0.39 is 5.60 Å². The van der Waals surface area contributed by atoms with E-state index in [0.717, 1.165) is 25.9 Å². The predicted octanol–water partition coefficient (Wildman–Crippen LogP) is 2.03. The molecule has 1 aliphatic rings. The fourth-order valence-electron chi connectivity index (χ4n) is 2.93. The molecule has 1 aliphatic heterocycles. The third-order valence-electron chi connectivity index (χ3n) is 4.21. The average molecular weight is 315 g/mol. The molecule has 1 fully saturated rings. The Morgan fingerprint density at radius 1 is 1.57 bits per heavy atom. The molecule has 0 aromatic carbocycles. The second kappa shape index (κ2) is 6.52. The van der Waals surface area contributed by atoms with Gasteiger partial charge in [0, 0.05) is 6.61 Å². The largest absolute Gasteiger partial charge is 0.382 e. The topological polar surface area (TPSA) is 98.5 Å². The molecule has 2 N–H and O–H groups in total. The van der Waals surface area contributed by atoms with Crippen LogP contribution in [0.15, 0.2) is 18.5 Å². The van der Waals surface area contributed by atoms with Crippen LogP contribution in [0.3, 0.4) is 0 Å². The Labute approximate surface area is 135 Å². The zero-order valence-corrected chi connectivity index (χ0v) is 13.2. The number of rotatable bonds is 6. The first-order chi connectivity index (χ1) is 11.2. The number of fused-ring (bicyclic) bond motifs is 1. The van der Waals surface area contributed by atoms with Crippen LogP contribution in [0.4, 0.5) is 5.82 Å². The van der Waals surface area contributed by atoms with Crippen LogP contribution in [0, 0.1) is 11.3 Å². The van der Waals surface area contributed by atoms with E-state index >= 15 is 0 Å². The third-order valence-corrected chi connectivity index (χ3v) is 4.21. The summed E-state index contributed by atoms with van der Waals surface area (Å²) in [6, 6.07) is 5.98. The smallest absolute Gasteiger partial charge is 0.196 e. The average Bonchev–Trinajstić information content (AvgIpc) is 3.17. The summed E-state index contributed by atoms with van der Waals surface area (Å²) >= 11 is 0. The fourth-order valence-corrected chi connectivity index (χ4v) is 2.93. The number of unbranched alkanes of at least 4 members (excludes halogenated alkanes) is 1. The van der Waals surface area contributed by atoms with Gasteiger partial charge in [0.05, 0.1) is 18.4 Å². The van der Waals surface area contributed by atoms with Crippen LogP contribution in [-0.4, -0.2) is 33.9 Å². The predicted molar refractivity (Wildman–Crippen MR) is 84.5 cm³/mol. The number of ether oxygens (including phenoxy) is 2. The maximum absolute atomic E-state index is 9.74. The molecule has 7 heteroatoms. The van der Waals surface area contributed by atoms with Gasteiger partial charge in [0.1, 0.15) is 17.9 Å². The Bertz CT molecular complexity index is 723. The van der Waals surface area contributed by atoms with E-state index in [1.54, 1.807) is 4.52 Å². The van der Waals surface area contributed by atoms with Crippen LogP contribution in [0.5, 0.6) is 0 Å². The Balaban J connectivity index is 1.79. The molecule has 0 radical (unpaired) electrons. The first kappa shape index (κ1) is 15.7. The van der Waals surface area contributed by atoms with Crippen molar-refractivity contribution in [2.24, 2.45) is 0 Å². The van der Waals surface area contributed by atoms with Crippen molar-refractivity contribution in [1.82, 2.24) is 14.6 Å². The van der Waals surface area contributed by atoms with Crippen LogP contribution in [0.2, 0.25) is 0 Å². The summed E-state index contributed by atoms with van der Waals surface area (Å²) in [4.78, 5) is 3.97. The van der Waals surface area contributed by atoms with Crippen molar-refractivity contribution in [2.45, 2.75) is 44.3 Å². The zero-order valence-electron chi connectivity index (χ0n) is 13.2.